The van der Waals surface area contributed by atoms with Crippen LogP contribution in [0.3, 0.4) is 0 Å². The van der Waals surface area contributed by atoms with Gasteiger partial charge in [-0.2, -0.15) is 0 Å². The summed E-state index contributed by atoms with van der Waals surface area (Å²) in [6.07, 6.45) is 4.93. The molecular weight excluding hydrogens is 230 g/mol. The van der Waals surface area contributed by atoms with E-state index in [9.17, 15) is 0 Å². The van der Waals surface area contributed by atoms with Crippen LogP contribution in [0.1, 0.15) is 32.6 Å². The molecule has 0 aliphatic heterocycles. The molecule has 2 atom stereocenters. The molecule has 0 spiro atoms. The molecule has 0 saturated heterocycles. The largest absolute Gasteiger partial charge is 0.382 e. The maximum atomic E-state index is 6.13. The summed E-state index contributed by atoms with van der Waals surface area (Å²) in [5.41, 5.74) is 0.0248. The van der Waals surface area contributed by atoms with E-state index in [1.54, 1.807) is 7.11 Å². The molecule has 0 bridgehead atoms. The van der Waals surface area contributed by atoms with Gasteiger partial charge >= 0.3 is 0 Å². The van der Waals surface area contributed by atoms with Gasteiger partial charge in [0, 0.05) is 13.7 Å². The summed E-state index contributed by atoms with van der Waals surface area (Å²) in [7, 11) is 3.69. The van der Waals surface area contributed by atoms with Crippen LogP contribution in [-0.2, 0) is 14.2 Å². The molecule has 0 aromatic rings. The summed E-state index contributed by atoms with van der Waals surface area (Å²) in [6, 6.07) is 0. The Labute approximate surface area is 111 Å². The second-order valence-electron chi connectivity index (χ2n) is 5.37. The second kappa shape index (κ2) is 8.86. The molecule has 1 rings (SSSR count). The van der Waals surface area contributed by atoms with Crippen molar-refractivity contribution in [1.82, 2.24) is 5.32 Å². The van der Waals surface area contributed by atoms with E-state index in [2.05, 4.69) is 12.2 Å². The highest BCUT2D eigenvalue weighted by molar-refractivity contribution is 4.88. The van der Waals surface area contributed by atoms with Crippen LogP contribution in [0.5, 0.6) is 0 Å². The molecule has 1 N–H and O–H groups in total. The summed E-state index contributed by atoms with van der Waals surface area (Å²) < 4.78 is 16.5. The minimum absolute atomic E-state index is 0.0248. The highest BCUT2D eigenvalue weighted by Gasteiger charge is 2.35. The van der Waals surface area contributed by atoms with E-state index in [4.69, 9.17) is 14.2 Å². The average molecular weight is 259 g/mol. The van der Waals surface area contributed by atoms with Crippen molar-refractivity contribution in [3.8, 4) is 0 Å². The fraction of sp³-hybridized carbons (Fsp3) is 1.00. The van der Waals surface area contributed by atoms with E-state index >= 15 is 0 Å². The first-order valence-corrected chi connectivity index (χ1v) is 7.08. The van der Waals surface area contributed by atoms with Crippen molar-refractivity contribution < 1.29 is 14.2 Å². The van der Waals surface area contributed by atoms with Gasteiger partial charge < -0.3 is 19.5 Å². The van der Waals surface area contributed by atoms with Crippen molar-refractivity contribution in [2.24, 2.45) is 5.92 Å². The van der Waals surface area contributed by atoms with Crippen LogP contribution in [0, 0.1) is 5.92 Å². The Kier molecular flexibility index (Phi) is 7.82. The number of rotatable bonds is 9. The molecular formula is C14H29NO3. The van der Waals surface area contributed by atoms with Gasteiger partial charge in [-0.25, -0.2) is 0 Å². The van der Waals surface area contributed by atoms with E-state index in [0.717, 1.165) is 25.3 Å². The number of ether oxygens (including phenoxy) is 3. The second-order valence-corrected chi connectivity index (χ2v) is 5.37. The number of likely N-dealkylation sites (N-methyl/N-ethyl adjacent to an activating group) is 1. The molecule has 1 aliphatic rings. The van der Waals surface area contributed by atoms with Crippen molar-refractivity contribution in [2.75, 3.05) is 47.1 Å². The lowest BCUT2D eigenvalue weighted by Crippen LogP contribution is -2.46. The standard InChI is InChI=1S/C14H29NO3/c1-13-5-4-6-14(11-13,12-15-2)18-10-9-17-8-7-16-3/h13,15H,4-12H2,1-3H3. The molecule has 4 nitrogen and oxygen atoms in total. The lowest BCUT2D eigenvalue weighted by Gasteiger charge is -2.40. The van der Waals surface area contributed by atoms with Crippen molar-refractivity contribution in [1.29, 1.82) is 0 Å². The maximum Gasteiger partial charge on any atom is 0.0809 e. The minimum Gasteiger partial charge on any atom is -0.382 e. The van der Waals surface area contributed by atoms with Gasteiger partial charge in [0.15, 0.2) is 0 Å². The summed E-state index contributed by atoms with van der Waals surface area (Å²) in [5, 5.41) is 3.27. The van der Waals surface area contributed by atoms with Crippen LogP contribution < -0.4 is 5.32 Å². The quantitative estimate of drug-likeness (QED) is 0.641. The molecule has 4 heteroatoms. The van der Waals surface area contributed by atoms with Gasteiger partial charge in [0.25, 0.3) is 0 Å². The molecule has 108 valence electrons. The minimum atomic E-state index is 0.0248. The van der Waals surface area contributed by atoms with Crippen LogP contribution in [0.4, 0.5) is 0 Å². The van der Waals surface area contributed by atoms with Crippen molar-refractivity contribution in [3.05, 3.63) is 0 Å². The third-order valence-electron chi connectivity index (χ3n) is 3.62. The fourth-order valence-corrected chi connectivity index (χ4v) is 2.84. The number of hydrogen-bond donors (Lipinski definition) is 1. The first kappa shape index (κ1) is 15.9. The normalized spacial score (nSPS) is 28.5. The molecule has 1 fully saturated rings. The van der Waals surface area contributed by atoms with Gasteiger partial charge in [-0.1, -0.05) is 19.8 Å². The maximum absolute atomic E-state index is 6.13. The van der Waals surface area contributed by atoms with Crippen molar-refractivity contribution >= 4 is 0 Å². The zero-order valence-electron chi connectivity index (χ0n) is 12.2. The first-order chi connectivity index (χ1) is 8.72. The summed E-state index contributed by atoms with van der Waals surface area (Å²) >= 11 is 0. The van der Waals surface area contributed by atoms with Crippen LogP contribution in [-0.4, -0.2) is 52.7 Å². The van der Waals surface area contributed by atoms with E-state index in [1.165, 1.54) is 12.8 Å². The van der Waals surface area contributed by atoms with Crippen LogP contribution in [0.15, 0.2) is 0 Å². The molecule has 2 unspecified atom stereocenters. The lowest BCUT2D eigenvalue weighted by molar-refractivity contribution is -0.0961. The predicted octanol–water partition coefficient (Wildman–Crippen LogP) is 1.83. The van der Waals surface area contributed by atoms with Gasteiger partial charge in [0.2, 0.25) is 0 Å². The van der Waals surface area contributed by atoms with Crippen molar-refractivity contribution in [2.45, 2.75) is 38.2 Å². The van der Waals surface area contributed by atoms with Crippen LogP contribution in [0.25, 0.3) is 0 Å². The molecule has 0 heterocycles. The predicted molar refractivity (Wildman–Crippen MR) is 72.9 cm³/mol. The molecule has 0 amide bonds. The van der Waals surface area contributed by atoms with Crippen LogP contribution in [0.2, 0.25) is 0 Å². The Morgan fingerprint density at radius 3 is 2.67 bits per heavy atom. The Morgan fingerprint density at radius 1 is 1.22 bits per heavy atom. The molecule has 18 heavy (non-hydrogen) atoms. The first-order valence-electron chi connectivity index (χ1n) is 7.08. The number of nitrogens with one attached hydrogen (secondary N) is 1. The highest BCUT2D eigenvalue weighted by atomic mass is 16.5. The summed E-state index contributed by atoms with van der Waals surface area (Å²) in [6.45, 7) is 5.90. The SMILES string of the molecule is CNCC1(OCCOCCOC)CCCC(C)C1. The zero-order chi connectivity index (χ0) is 13.3. The van der Waals surface area contributed by atoms with E-state index in [0.29, 0.717) is 26.4 Å². The van der Waals surface area contributed by atoms with Gasteiger partial charge in [-0.3, -0.25) is 0 Å². The topological polar surface area (TPSA) is 39.7 Å². The molecule has 0 aromatic heterocycles. The van der Waals surface area contributed by atoms with Crippen molar-refractivity contribution in [3.63, 3.8) is 0 Å². The smallest absolute Gasteiger partial charge is 0.0809 e. The highest BCUT2D eigenvalue weighted by Crippen LogP contribution is 2.34. The zero-order valence-corrected chi connectivity index (χ0v) is 12.2. The van der Waals surface area contributed by atoms with Gasteiger partial charge in [0.1, 0.15) is 0 Å². The molecule has 1 saturated carbocycles. The molecule has 0 radical (unpaired) electrons. The van der Waals surface area contributed by atoms with E-state index in [1.807, 2.05) is 7.05 Å². The molecule has 0 aromatic carbocycles. The Morgan fingerprint density at radius 2 is 2.00 bits per heavy atom. The van der Waals surface area contributed by atoms with Gasteiger partial charge in [-0.15, -0.1) is 0 Å². The third-order valence-corrected chi connectivity index (χ3v) is 3.62. The summed E-state index contributed by atoms with van der Waals surface area (Å²) in [4.78, 5) is 0. The fourth-order valence-electron chi connectivity index (χ4n) is 2.84. The Balaban J connectivity index is 2.24. The lowest BCUT2D eigenvalue weighted by atomic mass is 9.78. The number of hydrogen-bond acceptors (Lipinski definition) is 4. The number of methoxy groups -OCH3 is 1. The van der Waals surface area contributed by atoms with Gasteiger partial charge in [0.05, 0.1) is 32.0 Å². The van der Waals surface area contributed by atoms with E-state index in [-0.39, 0.29) is 5.60 Å². The third kappa shape index (κ3) is 5.65. The monoisotopic (exact) mass is 259 g/mol. The molecule has 1 aliphatic carbocycles. The average Bonchev–Trinajstić information content (AvgIpc) is 2.34. The van der Waals surface area contributed by atoms with E-state index < -0.39 is 0 Å². The van der Waals surface area contributed by atoms with Gasteiger partial charge in [-0.05, 0) is 25.8 Å². The Bertz CT molecular complexity index is 209. The Hall–Kier alpha value is -0.160. The summed E-state index contributed by atoms with van der Waals surface area (Å²) in [5.74, 6) is 0.765. The van der Waals surface area contributed by atoms with Crippen LogP contribution >= 0.6 is 0 Å².